The molecular weight excluding hydrogens is 391 g/mol. The van der Waals surface area contributed by atoms with Gasteiger partial charge in [-0.2, -0.15) is 18.2 Å². The van der Waals surface area contributed by atoms with Crippen LogP contribution in [0.4, 0.5) is 13.2 Å². The molecule has 0 bridgehead atoms. The van der Waals surface area contributed by atoms with Gasteiger partial charge in [-0.15, -0.1) is 0 Å². The van der Waals surface area contributed by atoms with Gasteiger partial charge in [0, 0.05) is 5.56 Å². The maximum Gasteiger partial charge on any atom is 0.471 e. The Bertz CT molecular complexity index is 832. The molecular formula is C19H22F3N3O4. The minimum atomic E-state index is -4.69. The number of unbranched alkanes of at least 4 members (excludes halogenated alkanes) is 1. The van der Waals surface area contributed by atoms with Crippen molar-refractivity contribution in [2.75, 3.05) is 19.8 Å². The van der Waals surface area contributed by atoms with Gasteiger partial charge in [-0.3, -0.25) is 9.63 Å². The second-order valence-electron chi connectivity index (χ2n) is 7.20. The monoisotopic (exact) mass is 413 g/mol. The molecule has 0 saturated carbocycles. The molecule has 0 spiro atoms. The van der Waals surface area contributed by atoms with E-state index in [-0.39, 0.29) is 18.3 Å². The molecule has 29 heavy (non-hydrogen) atoms. The maximum atomic E-state index is 12.8. The number of hydroxylamine groups is 2. The molecule has 0 N–H and O–H groups in total. The van der Waals surface area contributed by atoms with Crippen molar-refractivity contribution in [3.05, 3.63) is 35.7 Å². The smallest absolute Gasteiger partial charge is 0.379 e. The second-order valence-corrected chi connectivity index (χ2v) is 7.20. The number of benzene rings is 1. The third-order valence-corrected chi connectivity index (χ3v) is 4.54. The van der Waals surface area contributed by atoms with Crippen LogP contribution in [0.2, 0.25) is 0 Å². The van der Waals surface area contributed by atoms with Crippen LogP contribution in [0.25, 0.3) is 11.4 Å². The van der Waals surface area contributed by atoms with E-state index in [2.05, 4.69) is 14.7 Å². The summed E-state index contributed by atoms with van der Waals surface area (Å²) in [7, 11) is 0. The quantitative estimate of drug-likeness (QED) is 0.483. The van der Waals surface area contributed by atoms with Crippen LogP contribution in [0.15, 0.2) is 28.8 Å². The van der Waals surface area contributed by atoms with E-state index in [4.69, 9.17) is 9.57 Å². The van der Waals surface area contributed by atoms with E-state index in [9.17, 15) is 18.0 Å². The van der Waals surface area contributed by atoms with Gasteiger partial charge < -0.3 is 9.26 Å². The first kappa shape index (κ1) is 21.3. The number of ether oxygens (including phenoxy) is 1. The van der Waals surface area contributed by atoms with Crippen molar-refractivity contribution < 1.29 is 32.1 Å². The predicted octanol–water partition coefficient (Wildman–Crippen LogP) is 3.85. The van der Waals surface area contributed by atoms with Crippen LogP contribution in [0.1, 0.15) is 38.1 Å². The summed E-state index contributed by atoms with van der Waals surface area (Å²) in [6.45, 7) is 5.17. The largest absolute Gasteiger partial charge is 0.471 e. The number of carbonyl (C=O) groups excluding carboxylic acids is 1. The zero-order valence-electron chi connectivity index (χ0n) is 16.2. The zero-order chi connectivity index (χ0) is 21.1. The Morgan fingerprint density at radius 2 is 1.97 bits per heavy atom. The number of hydrogen-bond donors (Lipinski definition) is 0. The molecule has 2 aromatic rings. The van der Waals surface area contributed by atoms with Crippen molar-refractivity contribution in [3.8, 4) is 11.4 Å². The molecule has 0 aliphatic carbocycles. The van der Waals surface area contributed by atoms with E-state index in [0.717, 1.165) is 18.4 Å². The first-order valence-electron chi connectivity index (χ1n) is 9.26. The van der Waals surface area contributed by atoms with Crippen LogP contribution in [-0.4, -0.2) is 40.9 Å². The first-order valence-corrected chi connectivity index (χ1v) is 9.26. The molecule has 1 aliphatic heterocycles. The average Bonchev–Trinajstić information content (AvgIpc) is 3.16. The number of halogens is 3. The van der Waals surface area contributed by atoms with E-state index in [1.807, 2.05) is 13.8 Å². The molecule has 158 valence electrons. The standard InChI is InChI=1S/C19H22F3N3O4/c1-3-4-9-28-25(17(26)18(2)11-27-12-18)10-13-5-7-14(8-6-13)15-23-16(29-24-15)19(20,21)22/h5-8H,3-4,9-12H2,1-2H3. The van der Waals surface area contributed by atoms with Gasteiger partial charge in [0.1, 0.15) is 0 Å². The minimum Gasteiger partial charge on any atom is -0.379 e. The highest BCUT2D eigenvalue weighted by atomic mass is 19.4. The zero-order valence-corrected chi connectivity index (χ0v) is 16.2. The van der Waals surface area contributed by atoms with Gasteiger partial charge in [0.05, 0.1) is 31.8 Å². The van der Waals surface area contributed by atoms with Gasteiger partial charge in [-0.25, -0.2) is 5.06 Å². The Hall–Kier alpha value is -2.46. The summed E-state index contributed by atoms with van der Waals surface area (Å²) in [6, 6.07) is 6.51. The van der Waals surface area contributed by atoms with Gasteiger partial charge in [-0.1, -0.05) is 42.8 Å². The van der Waals surface area contributed by atoms with Gasteiger partial charge in [0.15, 0.2) is 0 Å². The molecule has 0 atom stereocenters. The molecule has 0 radical (unpaired) electrons. The van der Waals surface area contributed by atoms with E-state index in [1.54, 1.807) is 24.3 Å². The molecule has 10 heteroatoms. The van der Waals surface area contributed by atoms with Gasteiger partial charge in [-0.05, 0) is 18.9 Å². The molecule has 1 amide bonds. The lowest BCUT2D eigenvalue weighted by Gasteiger charge is -2.39. The van der Waals surface area contributed by atoms with Crippen molar-refractivity contribution in [2.24, 2.45) is 5.41 Å². The predicted molar refractivity (Wildman–Crippen MR) is 95.1 cm³/mol. The third-order valence-electron chi connectivity index (χ3n) is 4.54. The van der Waals surface area contributed by atoms with Crippen LogP contribution >= 0.6 is 0 Å². The SMILES string of the molecule is CCCCON(Cc1ccc(-c2noc(C(F)(F)F)n2)cc1)C(=O)C1(C)COC1. The highest BCUT2D eigenvalue weighted by Crippen LogP contribution is 2.31. The van der Waals surface area contributed by atoms with Crippen LogP contribution in [0, 0.1) is 5.41 Å². The van der Waals surface area contributed by atoms with Crippen molar-refractivity contribution in [1.82, 2.24) is 15.2 Å². The molecule has 1 fully saturated rings. The summed E-state index contributed by atoms with van der Waals surface area (Å²) >= 11 is 0. The Morgan fingerprint density at radius 3 is 2.48 bits per heavy atom. The van der Waals surface area contributed by atoms with E-state index < -0.39 is 17.5 Å². The van der Waals surface area contributed by atoms with Crippen molar-refractivity contribution in [1.29, 1.82) is 0 Å². The van der Waals surface area contributed by atoms with Gasteiger partial charge >= 0.3 is 12.1 Å². The van der Waals surface area contributed by atoms with Crippen molar-refractivity contribution in [3.63, 3.8) is 0 Å². The summed E-state index contributed by atoms with van der Waals surface area (Å²) in [5.74, 6) is -1.71. The molecule has 2 heterocycles. The number of rotatable bonds is 8. The normalized spacial score (nSPS) is 15.8. The highest BCUT2D eigenvalue weighted by molar-refractivity contribution is 5.82. The van der Waals surface area contributed by atoms with Gasteiger partial charge in [0.2, 0.25) is 5.82 Å². The Labute approximate surface area is 165 Å². The summed E-state index contributed by atoms with van der Waals surface area (Å²) < 4.78 is 47.2. The van der Waals surface area contributed by atoms with E-state index in [0.29, 0.717) is 25.4 Å². The highest BCUT2D eigenvalue weighted by Gasteiger charge is 2.44. The van der Waals surface area contributed by atoms with Crippen LogP contribution < -0.4 is 0 Å². The summed E-state index contributed by atoms with van der Waals surface area (Å²) in [6.07, 6.45) is -2.94. The fourth-order valence-electron chi connectivity index (χ4n) is 2.71. The minimum absolute atomic E-state index is 0.156. The van der Waals surface area contributed by atoms with Crippen LogP contribution in [0.5, 0.6) is 0 Å². The molecule has 1 aromatic heterocycles. The number of hydrogen-bond acceptors (Lipinski definition) is 6. The van der Waals surface area contributed by atoms with Crippen molar-refractivity contribution in [2.45, 2.75) is 39.4 Å². The van der Waals surface area contributed by atoms with Crippen LogP contribution in [-0.2, 0) is 27.1 Å². The Balaban J connectivity index is 1.71. The summed E-state index contributed by atoms with van der Waals surface area (Å²) in [5.41, 5.74) is 0.518. The van der Waals surface area contributed by atoms with Crippen molar-refractivity contribution >= 4 is 5.91 Å². The topological polar surface area (TPSA) is 77.7 Å². The molecule has 7 nitrogen and oxygen atoms in total. The molecule has 0 unspecified atom stereocenters. The molecule has 3 rings (SSSR count). The average molecular weight is 413 g/mol. The Morgan fingerprint density at radius 1 is 1.28 bits per heavy atom. The number of nitrogens with zero attached hydrogens (tertiary/aromatic N) is 3. The Kier molecular flexibility index (Phi) is 6.23. The number of amides is 1. The van der Waals surface area contributed by atoms with E-state index in [1.165, 1.54) is 5.06 Å². The molecule has 1 saturated heterocycles. The molecule has 1 aliphatic rings. The number of alkyl halides is 3. The third kappa shape index (κ3) is 4.94. The maximum absolute atomic E-state index is 12.8. The first-order chi connectivity index (χ1) is 13.7. The second kappa shape index (κ2) is 8.50. The fraction of sp³-hybridized carbons (Fsp3) is 0.526. The lowest BCUT2D eigenvalue weighted by atomic mass is 9.87. The summed E-state index contributed by atoms with van der Waals surface area (Å²) in [5, 5.41) is 4.70. The van der Waals surface area contributed by atoms with Gasteiger partial charge in [0.25, 0.3) is 5.91 Å². The summed E-state index contributed by atoms with van der Waals surface area (Å²) in [4.78, 5) is 21.9. The number of carbonyl (C=O) groups is 1. The lowest BCUT2D eigenvalue weighted by Crippen LogP contribution is -2.53. The van der Waals surface area contributed by atoms with E-state index >= 15 is 0 Å². The molecule has 1 aromatic carbocycles. The van der Waals surface area contributed by atoms with Crippen LogP contribution in [0.3, 0.4) is 0 Å². The lowest BCUT2D eigenvalue weighted by molar-refractivity contribution is -0.219. The fourth-order valence-corrected chi connectivity index (χ4v) is 2.71. The number of aromatic nitrogens is 2.